The van der Waals surface area contributed by atoms with Gasteiger partial charge in [0.15, 0.2) is 9.84 Å². The minimum absolute atomic E-state index is 0.125. The van der Waals surface area contributed by atoms with Crippen LogP contribution in [0.2, 0.25) is 0 Å². The van der Waals surface area contributed by atoms with Crippen molar-refractivity contribution in [2.45, 2.75) is 17.6 Å². The molecular formula is C15H16BrNO3S. The molecule has 0 aliphatic rings. The van der Waals surface area contributed by atoms with Crippen LogP contribution in [0.1, 0.15) is 11.1 Å². The van der Waals surface area contributed by atoms with Crippen LogP contribution in [0.5, 0.6) is 5.75 Å². The van der Waals surface area contributed by atoms with Gasteiger partial charge in [0, 0.05) is 15.7 Å². The number of sulfone groups is 1. The molecule has 0 atom stereocenters. The number of anilines is 1. The lowest BCUT2D eigenvalue weighted by Crippen LogP contribution is -2.08. The highest BCUT2D eigenvalue weighted by Crippen LogP contribution is 2.28. The van der Waals surface area contributed by atoms with Crippen LogP contribution >= 0.6 is 15.9 Å². The van der Waals surface area contributed by atoms with Crippen molar-refractivity contribution in [2.24, 2.45) is 0 Å². The van der Waals surface area contributed by atoms with E-state index in [4.69, 9.17) is 10.5 Å². The van der Waals surface area contributed by atoms with E-state index in [0.29, 0.717) is 27.5 Å². The number of methoxy groups -OCH3 is 1. The van der Waals surface area contributed by atoms with Gasteiger partial charge in [-0.05, 0) is 48.9 Å². The van der Waals surface area contributed by atoms with E-state index in [2.05, 4.69) is 15.9 Å². The zero-order valence-corrected chi connectivity index (χ0v) is 14.2. The monoisotopic (exact) mass is 369 g/mol. The summed E-state index contributed by atoms with van der Waals surface area (Å²) >= 11 is 3.35. The number of nitrogens with two attached hydrogens (primary N) is 1. The van der Waals surface area contributed by atoms with Gasteiger partial charge in [-0.1, -0.05) is 15.9 Å². The summed E-state index contributed by atoms with van der Waals surface area (Å²) in [5, 5.41) is 0. The molecule has 2 rings (SSSR count). The van der Waals surface area contributed by atoms with Gasteiger partial charge in [-0.2, -0.15) is 0 Å². The molecule has 0 saturated heterocycles. The first-order valence-electron chi connectivity index (χ1n) is 6.25. The zero-order valence-electron chi connectivity index (χ0n) is 11.8. The van der Waals surface area contributed by atoms with Gasteiger partial charge in [-0.3, -0.25) is 0 Å². The van der Waals surface area contributed by atoms with Gasteiger partial charge in [0.1, 0.15) is 5.75 Å². The third-order valence-electron chi connectivity index (χ3n) is 3.12. The number of aryl methyl sites for hydroxylation is 1. The number of hydrogen-bond acceptors (Lipinski definition) is 4. The Balaban J connectivity index is 2.44. The molecule has 2 N–H and O–H groups in total. The van der Waals surface area contributed by atoms with Crippen molar-refractivity contribution < 1.29 is 13.2 Å². The molecule has 0 spiro atoms. The fourth-order valence-electron chi connectivity index (χ4n) is 2.16. The normalized spacial score (nSPS) is 11.4. The fourth-order valence-corrected chi connectivity index (χ4v) is 4.19. The molecule has 112 valence electrons. The van der Waals surface area contributed by atoms with E-state index in [-0.39, 0.29) is 5.75 Å². The molecule has 2 aromatic rings. The summed E-state index contributed by atoms with van der Waals surface area (Å²) in [5.41, 5.74) is 7.47. The third-order valence-corrected chi connectivity index (χ3v) is 5.43. The quantitative estimate of drug-likeness (QED) is 0.839. The lowest BCUT2D eigenvalue weighted by Gasteiger charge is -2.12. The van der Waals surface area contributed by atoms with Crippen molar-refractivity contribution in [3.8, 4) is 5.75 Å². The van der Waals surface area contributed by atoms with E-state index in [1.807, 2.05) is 6.07 Å². The minimum atomic E-state index is -3.47. The predicted molar refractivity (Wildman–Crippen MR) is 87.2 cm³/mol. The van der Waals surface area contributed by atoms with Crippen molar-refractivity contribution >= 4 is 31.5 Å². The number of hydrogen-bond donors (Lipinski definition) is 1. The summed E-state index contributed by atoms with van der Waals surface area (Å²) in [7, 11) is -1.94. The average Bonchev–Trinajstić information content (AvgIpc) is 2.37. The summed E-state index contributed by atoms with van der Waals surface area (Å²) < 4.78 is 31.2. The Kier molecular flexibility index (Phi) is 4.58. The molecule has 0 aliphatic heterocycles. The van der Waals surface area contributed by atoms with Crippen LogP contribution < -0.4 is 10.5 Å². The molecule has 0 aromatic heterocycles. The van der Waals surface area contributed by atoms with Crippen molar-refractivity contribution in [1.82, 2.24) is 0 Å². The van der Waals surface area contributed by atoms with E-state index >= 15 is 0 Å². The fraction of sp³-hybridized carbons (Fsp3) is 0.200. The van der Waals surface area contributed by atoms with Gasteiger partial charge < -0.3 is 10.5 Å². The zero-order chi connectivity index (χ0) is 15.6. The van der Waals surface area contributed by atoms with Gasteiger partial charge in [-0.15, -0.1) is 0 Å². The molecule has 0 amide bonds. The summed E-state index contributed by atoms with van der Waals surface area (Å²) in [4.78, 5) is 0.290. The lowest BCUT2D eigenvalue weighted by atomic mass is 10.2. The Morgan fingerprint density at radius 2 is 1.90 bits per heavy atom. The Labute approximate surface area is 133 Å². The number of ether oxygens (including phenoxy) is 1. The first-order chi connectivity index (χ1) is 9.83. The van der Waals surface area contributed by atoms with Crippen LogP contribution in [0.25, 0.3) is 0 Å². The number of benzene rings is 2. The first-order valence-corrected chi connectivity index (χ1v) is 8.69. The van der Waals surface area contributed by atoms with E-state index in [9.17, 15) is 8.42 Å². The van der Waals surface area contributed by atoms with Crippen molar-refractivity contribution in [2.75, 3.05) is 12.8 Å². The summed E-state index contributed by atoms with van der Waals surface area (Å²) in [5.74, 6) is 0.426. The van der Waals surface area contributed by atoms with Crippen molar-refractivity contribution in [3.63, 3.8) is 0 Å². The summed E-state index contributed by atoms with van der Waals surface area (Å²) in [6, 6.07) is 10.1. The Bertz CT molecular complexity index is 772. The molecule has 0 saturated carbocycles. The second kappa shape index (κ2) is 6.07. The van der Waals surface area contributed by atoms with Crippen LogP contribution in [-0.2, 0) is 15.6 Å². The summed E-state index contributed by atoms with van der Waals surface area (Å²) in [6.07, 6.45) is 0. The first kappa shape index (κ1) is 15.9. The molecular weight excluding hydrogens is 354 g/mol. The van der Waals surface area contributed by atoms with E-state index in [1.54, 1.807) is 37.3 Å². The van der Waals surface area contributed by atoms with E-state index < -0.39 is 9.84 Å². The summed E-state index contributed by atoms with van der Waals surface area (Å²) in [6.45, 7) is 1.74. The standard InChI is InChI=1S/C15H16BrNO3S/c1-10-7-13(17)4-6-15(10)21(18,19)9-11-8-12(16)3-5-14(11)20-2/h3-8H,9,17H2,1-2H3. The lowest BCUT2D eigenvalue weighted by molar-refractivity contribution is 0.411. The van der Waals surface area contributed by atoms with E-state index in [1.165, 1.54) is 7.11 Å². The van der Waals surface area contributed by atoms with Gasteiger partial charge in [-0.25, -0.2) is 8.42 Å². The Morgan fingerprint density at radius 1 is 1.19 bits per heavy atom. The maximum absolute atomic E-state index is 12.6. The van der Waals surface area contributed by atoms with Crippen molar-refractivity contribution in [1.29, 1.82) is 0 Å². The van der Waals surface area contributed by atoms with Crippen LogP contribution in [0.3, 0.4) is 0 Å². The molecule has 0 aliphatic carbocycles. The molecule has 0 fully saturated rings. The Morgan fingerprint density at radius 3 is 2.52 bits per heavy atom. The van der Waals surface area contributed by atoms with Crippen LogP contribution in [0.4, 0.5) is 5.69 Å². The molecule has 0 unspecified atom stereocenters. The Hall–Kier alpha value is -1.53. The third kappa shape index (κ3) is 3.57. The molecule has 21 heavy (non-hydrogen) atoms. The highest BCUT2D eigenvalue weighted by atomic mass is 79.9. The van der Waals surface area contributed by atoms with Crippen LogP contribution in [-0.4, -0.2) is 15.5 Å². The number of halogens is 1. The largest absolute Gasteiger partial charge is 0.496 e. The van der Waals surface area contributed by atoms with Gasteiger partial charge in [0.2, 0.25) is 0 Å². The topological polar surface area (TPSA) is 69.4 Å². The molecule has 6 heteroatoms. The maximum atomic E-state index is 12.6. The van der Waals surface area contributed by atoms with Gasteiger partial charge >= 0.3 is 0 Å². The highest BCUT2D eigenvalue weighted by Gasteiger charge is 2.20. The minimum Gasteiger partial charge on any atom is -0.496 e. The smallest absolute Gasteiger partial charge is 0.182 e. The maximum Gasteiger partial charge on any atom is 0.182 e. The second-order valence-electron chi connectivity index (χ2n) is 4.74. The van der Waals surface area contributed by atoms with Gasteiger partial charge in [0.05, 0.1) is 17.8 Å². The van der Waals surface area contributed by atoms with Gasteiger partial charge in [0.25, 0.3) is 0 Å². The SMILES string of the molecule is COc1ccc(Br)cc1CS(=O)(=O)c1ccc(N)cc1C. The molecule has 0 bridgehead atoms. The number of rotatable bonds is 4. The molecule has 4 nitrogen and oxygen atoms in total. The van der Waals surface area contributed by atoms with E-state index in [0.717, 1.165) is 4.47 Å². The molecule has 0 radical (unpaired) electrons. The number of nitrogen functional groups attached to an aromatic ring is 1. The molecule has 0 heterocycles. The van der Waals surface area contributed by atoms with Crippen LogP contribution in [0.15, 0.2) is 45.8 Å². The highest BCUT2D eigenvalue weighted by molar-refractivity contribution is 9.10. The molecule has 2 aromatic carbocycles. The second-order valence-corrected chi connectivity index (χ2v) is 7.61. The van der Waals surface area contributed by atoms with Crippen LogP contribution in [0, 0.1) is 6.92 Å². The predicted octanol–water partition coefficient (Wildman–Crippen LogP) is 3.32. The van der Waals surface area contributed by atoms with Crippen molar-refractivity contribution in [3.05, 3.63) is 52.0 Å². The average molecular weight is 370 g/mol.